The number of ether oxygens (including phenoxy) is 2. The summed E-state index contributed by atoms with van der Waals surface area (Å²) in [6.45, 7) is 7.14. The van der Waals surface area contributed by atoms with Crippen LogP contribution in [-0.2, 0) is 26.0 Å². The number of carbonyl (C=O) groups is 1. The van der Waals surface area contributed by atoms with Gasteiger partial charge in [0.1, 0.15) is 0 Å². The summed E-state index contributed by atoms with van der Waals surface area (Å²) in [6, 6.07) is 12.5. The summed E-state index contributed by atoms with van der Waals surface area (Å²) in [5.41, 5.74) is 2.68. The summed E-state index contributed by atoms with van der Waals surface area (Å²) in [5.74, 6) is -0.271. The fourth-order valence-corrected chi connectivity index (χ4v) is 5.57. The second kappa shape index (κ2) is 10.1. The van der Waals surface area contributed by atoms with E-state index >= 15 is 0 Å². The number of rotatable bonds is 6. The van der Waals surface area contributed by atoms with Crippen molar-refractivity contribution in [2.45, 2.75) is 18.4 Å². The van der Waals surface area contributed by atoms with Crippen molar-refractivity contribution in [3.63, 3.8) is 0 Å². The van der Waals surface area contributed by atoms with Crippen molar-refractivity contribution in [1.29, 1.82) is 0 Å². The van der Waals surface area contributed by atoms with Crippen molar-refractivity contribution >= 4 is 21.6 Å². The molecule has 0 spiro atoms. The molecule has 4 rings (SSSR count). The van der Waals surface area contributed by atoms with E-state index in [4.69, 9.17) is 9.47 Å². The summed E-state index contributed by atoms with van der Waals surface area (Å²) >= 11 is 0. The number of benzene rings is 2. The van der Waals surface area contributed by atoms with Gasteiger partial charge < -0.3 is 14.8 Å². The van der Waals surface area contributed by atoms with E-state index in [0.717, 1.165) is 38.4 Å². The average molecular weight is 460 g/mol. The van der Waals surface area contributed by atoms with E-state index in [1.807, 2.05) is 18.2 Å². The largest absolute Gasteiger partial charge is 0.379 e. The highest BCUT2D eigenvalue weighted by Gasteiger charge is 2.28. The predicted molar refractivity (Wildman–Crippen MR) is 121 cm³/mol. The molecule has 2 saturated heterocycles. The minimum absolute atomic E-state index is 0.207. The molecule has 0 aromatic heterocycles. The van der Waals surface area contributed by atoms with Crippen molar-refractivity contribution < 1.29 is 22.7 Å². The Morgan fingerprint density at radius 1 is 0.969 bits per heavy atom. The second-order valence-corrected chi connectivity index (χ2v) is 9.95. The summed E-state index contributed by atoms with van der Waals surface area (Å²) in [7, 11) is -3.65. The maximum atomic E-state index is 13.1. The molecule has 0 saturated carbocycles. The number of nitrogens with one attached hydrogen (secondary N) is 1. The molecule has 2 heterocycles. The van der Waals surface area contributed by atoms with Crippen LogP contribution in [0.4, 0.5) is 5.69 Å². The van der Waals surface area contributed by atoms with Crippen LogP contribution in [0.1, 0.15) is 21.5 Å². The fraction of sp³-hybridized carbons (Fsp3) is 0.435. The molecule has 0 radical (unpaired) electrons. The quantitative estimate of drug-likeness (QED) is 0.712. The van der Waals surface area contributed by atoms with Gasteiger partial charge in [-0.05, 0) is 42.3 Å². The Morgan fingerprint density at radius 2 is 1.66 bits per heavy atom. The highest BCUT2D eigenvalue weighted by atomic mass is 32.2. The van der Waals surface area contributed by atoms with Crippen molar-refractivity contribution in [3.05, 3.63) is 59.2 Å². The third-order valence-electron chi connectivity index (χ3n) is 5.73. The molecule has 2 aliphatic heterocycles. The van der Waals surface area contributed by atoms with Gasteiger partial charge in [-0.1, -0.05) is 18.2 Å². The first-order valence-corrected chi connectivity index (χ1v) is 12.3. The normalized spacial score (nSPS) is 18.4. The molecular formula is C23H29N3O5S. The van der Waals surface area contributed by atoms with Gasteiger partial charge in [0.2, 0.25) is 10.0 Å². The summed E-state index contributed by atoms with van der Waals surface area (Å²) in [5, 5.41) is 2.85. The number of aryl methyl sites for hydroxylation is 1. The lowest BCUT2D eigenvalue weighted by Crippen LogP contribution is -2.40. The monoisotopic (exact) mass is 459 g/mol. The van der Waals surface area contributed by atoms with Crippen LogP contribution >= 0.6 is 0 Å². The number of morpholine rings is 2. The van der Waals surface area contributed by atoms with Crippen molar-refractivity contribution in [1.82, 2.24) is 9.21 Å². The first-order chi connectivity index (χ1) is 15.4. The Bertz CT molecular complexity index is 1060. The molecule has 2 aromatic carbocycles. The van der Waals surface area contributed by atoms with Gasteiger partial charge in [0.15, 0.2) is 0 Å². The smallest absolute Gasteiger partial charge is 0.255 e. The first-order valence-electron chi connectivity index (χ1n) is 10.8. The predicted octanol–water partition coefficient (Wildman–Crippen LogP) is 2.10. The molecular weight excluding hydrogens is 430 g/mol. The number of carbonyl (C=O) groups excluding carboxylic acids is 1. The van der Waals surface area contributed by atoms with Crippen LogP contribution in [0.15, 0.2) is 47.4 Å². The van der Waals surface area contributed by atoms with E-state index < -0.39 is 10.0 Å². The van der Waals surface area contributed by atoms with Crippen LogP contribution in [-0.4, -0.2) is 76.1 Å². The summed E-state index contributed by atoms with van der Waals surface area (Å²) in [4.78, 5) is 15.4. The van der Waals surface area contributed by atoms with Gasteiger partial charge in [-0.2, -0.15) is 4.31 Å². The van der Waals surface area contributed by atoms with Crippen LogP contribution < -0.4 is 5.32 Å². The van der Waals surface area contributed by atoms with Crippen LogP contribution in [0, 0.1) is 6.92 Å². The standard InChI is InChI=1S/C23H29N3O5S/c1-18-5-6-21(16-22(18)32(28,29)26-9-13-31-14-10-26)24-23(27)20-4-2-3-19(15-20)17-25-7-11-30-12-8-25/h2-6,15-16H,7-14,17H2,1H3,(H,24,27). The Kier molecular flexibility index (Phi) is 7.22. The zero-order valence-electron chi connectivity index (χ0n) is 18.2. The first kappa shape index (κ1) is 22.9. The lowest BCUT2D eigenvalue weighted by atomic mass is 10.1. The van der Waals surface area contributed by atoms with Crippen molar-refractivity contribution in [2.75, 3.05) is 57.9 Å². The second-order valence-electron chi connectivity index (χ2n) is 8.04. The highest BCUT2D eigenvalue weighted by Crippen LogP contribution is 2.25. The van der Waals surface area contributed by atoms with Crippen LogP contribution in [0.25, 0.3) is 0 Å². The zero-order valence-corrected chi connectivity index (χ0v) is 19.1. The molecule has 1 N–H and O–H groups in total. The highest BCUT2D eigenvalue weighted by molar-refractivity contribution is 7.89. The number of hydrogen-bond donors (Lipinski definition) is 1. The molecule has 172 valence electrons. The van der Waals surface area contributed by atoms with E-state index in [9.17, 15) is 13.2 Å². The van der Waals surface area contributed by atoms with E-state index in [-0.39, 0.29) is 10.8 Å². The third kappa shape index (κ3) is 5.36. The van der Waals surface area contributed by atoms with Crippen LogP contribution in [0.5, 0.6) is 0 Å². The maximum absolute atomic E-state index is 13.1. The maximum Gasteiger partial charge on any atom is 0.255 e. The molecule has 1 amide bonds. The van der Waals surface area contributed by atoms with Gasteiger partial charge in [0.05, 0.1) is 31.3 Å². The number of anilines is 1. The average Bonchev–Trinajstić information content (AvgIpc) is 2.81. The third-order valence-corrected chi connectivity index (χ3v) is 7.77. The van der Waals surface area contributed by atoms with Gasteiger partial charge >= 0.3 is 0 Å². The van der Waals surface area contributed by atoms with Crippen LogP contribution in [0.3, 0.4) is 0 Å². The van der Waals surface area contributed by atoms with Gasteiger partial charge in [0.25, 0.3) is 5.91 Å². The molecule has 0 bridgehead atoms. The zero-order chi connectivity index (χ0) is 22.6. The topological polar surface area (TPSA) is 88.2 Å². The molecule has 9 heteroatoms. The lowest BCUT2D eigenvalue weighted by Gasteiger charge is -2.27. The molecule has 32 heavy (non-hydrogen) atoms. The van der Waals surface area contributed by atoms with E-state index in [1.165, 1.54) is 10.4 Å². The van der Waals surface area contributed by atoms with Gasteiger partial charge in [-0.15, -0.1) is 0 Å². The van der Waals surface area contributed by atoms with Crippen molar-refractivity contribution in [2.24, 2.45) is 0 Å². The van der Waals surface area contributed by atoms with Gasteiger partial charge in [-0.25, -0.2) is 8.42 Å². The summed E-state index contributed by atoms with van der Waals surface area (Å²) in [6.07, 6.45) is 0. The summed E-state index contributed by atoms with van der Waals surface area (Å²) < 4.78 is 38.3. The molecule has 0 atom stereocenters. The van der Waals surface area contributed by atoms with Gasteiger partial charge in [0, 0.05) is 44.0 Å². The van der Waals surface area contributed by atoms with E-state index in [1.54, 1.807) is 25.1 Å². The van der Waals surface area contributed by atoms with E-state index in [2.05, 4.69) is 10.2 Å². The van der Waals surface area contributed by atoms with Gasteiger partial charge in [-0.3, -0.25) is 9.69 Å². The Morgan fingerprint density at radius 3 is 2.38 bits per heavy atom. The molecule has 0 aliphatic carbocycles. The SMILES string of the molecule is Cc1ccc(NC(=O)c2cccc(CN3CCOCC3)c2)cc1S(=O)(=O)N1CCOCC1. The number of sulfonamides is 1. The Labute approximate surface area is 189 Å². The fourth-order valence-electron chi connectivity index (χ4n) is 3.91. The minimum atomic E-state index is -3.65. The Balaban J connectivity index is 1.49. The number of nitrogens with zero attached hydrogens (tertiary/aromatic N) is 2. The number of amides is 1. The van der Waals surface area contributed by atoms with E-state index in [0.29, 0.717) is 43.1 Å². The van der Waals surface area contributed by atoms with Crippen molar-refractivity contribution in [3.8, 4) is 0 Å². The Hall–Kier alpha value is -2.30. The number of hydrogen-bond acceptors (Lipinski definition) is 6. The minimum Gasteiger partial charge on any atom is -0.379 e. The van der Waals surface area contributed by atoms with Crippen LogP contribution in [0.2, 0.25) is 0 Å². The molecule has 2 aromatic rings. The molecule has 8 nitrogen and oxygen atoms in total. The lowest BCUT2D eigenvalue weighted by molar-refractivity contribution is 0.0342. The molecule has 2 aliphatic rings. The molecule has 2 fully saturated rings. The molecule has 0 unspecified atom stereocenters.